The van der Waals surface area contributed by atoms with Gasteiger partial charge < -0.3 is 4.74 Å². The van der Waals surface area contributed by atoms with E-state index < -0.39 is 17.6 Å². The van der Waals surface area contributed by atoms with Gasteiger partial charge in [-0.05, 0) is 19.1 Å². The summed E-state index contributed by atoms with van der Waals surface area (Å²) in [6, 6.07) is 8.88. The molecule has 0 bridgehead atoms. The maximum absolute atomic E-state index is 12.4. The summed E-state index contributed by atoms with van der Waals surface area (Å²) in [4.78, 5) is 2.60. The van der Waals surface area contributed by atoms with E-state index in [1.165, 1.54) is 0 Å². The minimum Gasteiger partial charge on any atom is -0.490 e. The Balaban J connectivity index is 2.23. The molecule has 0 N–H and O–H groups in total. The van der Waals surface area contributed by atoms with Crippen LogP contribution in [0.1, 0.15) is 5.69 Å². The maximum Gasteiger partial charge on any atom is 0.404 e. The molecule has 1 aromatic carbocycles. The van der Waals surface area contributed by atoms with Crippen molar-refractivity contribution in [1.82, 2.24) is 4.98 Å². The number of nitrogens with zero attached hydrogens (tertiary/aromatic N) is 1. The summed E-state index contributed by atoms with van der Waals surface area (Å²) in [5, 5.41) is 0.834. The van der Waals surface area contributed by atoms with Gasteiger partial charge in [0.15, 0.2) is 0 Å². The zero-order chi connectivity index (χ0) is 14.0. The van der Waals surface area contributed by atoms with Gasteiger partial charge in [0.1, 0.15) is 22.7 Å². The average molecular weight is 334 g/mol. The van der Waals surface area contributed by atoms with Crippen LogP contribution in [0, 0.1) is 6.92 Å². The number of hydrogen-bond donors (Lipinski definition) is 0. The number of alkyl halides is 4. The predicted molar refractivity (Wildman–Crippen MR) is 70.7 cm³/mol. The number of benzene rings is 1. The first kappa shape index (κ1) is 14.1. The Hall–Kier alpha value is -1.30. The van der Waals surface area contributed by atoms with Crippen LogP contribution in [0.2, 0.25) is 0 Å². The van der Waals surface area contributed by atoms with Gasteiger partial charge >= 0.3 is 6.18 Å². The number of rotatable bonds is 3. The smallest absolute Gasteiger partial charge is 0.404 e. The van der Waals surface area contributed by atoms with Crippen molar-refractivity contribution in [2.45, 2.75) is 17.9 Å². The van der Waals surface area contributed by atoms with Gasteiger partial charge in [0.25, 0.3) is 0 Å². The van der Waals surface area contributed by atoms with Gasteiger partial charge in [-0.1, -0.05) is 34.1 Å². The number of halogens is 4. The van der Waals surface area contributed by atoms with Crippen LogP contribution < -0.4 is 4.74 Å². The van der Waals surface area contributed by atoms with E-state index in [1.807, 2.05) is 25.1 Å². The molecule has 2 rings (SSSR count). The molecule has 0 spiro atoms. The zero-order valence-corrected chi connectivity index (χ0v) is 11.6. The first-order valence-corrected chi connectivity index (χ1v) is 6.49. The average Bonchev–Trinajstić information content (AvgIpc) is 2.34. The Kier molecular flexibility index (Phi) is 3.99. The van der Waals surface area contributed by atoms with Gasteiger partial charge in [0.05, 0.1) is 0 Å². The standard InChI is InChI=1S/C13H11BrF3NO/c1-8-5-6-9-3-2-4-10(12(9)18-8)19-7-11(14)13(15,16)17/h2-6,11H,7H2,1H3. The molecule has 0 radical (unpaired) electrons. The quantitative estimate of drug-likeness (QED) is 0.783. The van der Waals surface area contributed by atoms with E-state index in [2.05, 4.69) is 20.9 Å². The SMILES string of the molecule is Cc1ccc2cccc(OCC(Br)C(F)(F)F)c2n1. The monoisotopic (exact) mass is 333 g/mol. The van der Waals surface area contributed by atoms with Crippen LogP contribution in [0.5, 0.6) is 5.75 Å². The summed E-state index contributed by atoms with van der Waals surface area (Å²) in [6.07, 6.45) is -4.33. The van der Waals surface area contributed by atoms with Crippen LogP contribution >= 0.6 is 15.9 Å². The topological polar surface area (TPSA) is 22.1 Å². The minimum atomic E-state index is -4.33. The molecule has 0 amide bonds. The lowest BCUT2D eigenvalue weighted by atomic mass is 10.2. The molecule has 19 heavy (non-hydrogen) atoms. The lowest BCUT2D eigenvalue weighted by molar-refractivity contribution is -0.132. The molecular weight excluding hydrogens is 323 g/mol. The molecule has 2 nitrogen and oxygen atoms in total. The Morgan fingerprint density at radius 3 is 2.68 bits per heavy atom. The van der Waals surface area contributed by atoms with Crippen LogP contribution in [0.15, 0.2) is 30.3 Å². The first-order chi connectivity index (χ1) is 8.88. The van der Waals surface area contributed by atoms with E-state index in [0.717, 1.165) is 11.1 Å². The highest BCUT2D eigenvalue weighted by molar-refractivity contribution is 9.09. The number of ether oxygens (including phenoxy) is 1. The number of para-hydroxylation sites is 1. The molecule has 6 heteroatoms. The minimum absolute atomic E-state index is 0.356. The first-order valence-electron chi connectivity index (χ1n) is 5.58. The fourth-order valence-corrected chi connectivity index (χ4v) is 1.72. The van der Waals surface area contributed by atoms with Crippen LogP contribution in [-0.4, -0.2) is 22.6 Å². The third kappa shape index (κ3) is 3.37. The molecule has 0 fully saturated rings. The number of hydrogen-bond acceptors (Lipinski definition) is 2. The van der Waals surface area contributed by atoms with E-state index >= 15 is 0 Å². The summed E-state index contributed by atoms with van der Waals surface area (Å²) in [5.41, 5.74) is 1.36. The van der Waals surface area contributed by atoms with E-state index in [1.54, 1.807) is 12.1 Å². The molecule has 0 aliphatic carbocycles. The zero-order valence-electron chi connectivity index (χ0n) is 10.0. The normalized spacial score (nSPS) is 13.5. The maximum atomic E-state index is 12.4. The van der Waals surface area contributed by atoms with Crippen LogP contribution in [0.25, 0.3) is 10.9 Å². The summed E-state index contributed by atoms with van der Waals surface area (Å²) in [6.45, 7) is 1.33. The molecular formula is C13H11BrF3NO. The highest BCUT2D eigenvalue weighted by Gasteiger charge is 2.38. The molecule has 1 atom stereocenters. The number of fused-ring (bicyclic) bond motifs is 1. The van der Waals surface area contributed by atoms with Gasteiger partial charge in [-0.15, -0.1) is 0 Å². The highest BCUT2D eigenvalue weighted by Crippen LogP contribution is 2.29. The van der Waals surface area contributed by atoms with E-state index in [-0.39, 0.29) is 0 Å². The van der Waals surface area contributed by atoms with Gasteiger partial charge in [-0.25, -0.2) is 4.98 Å². The molecule has 1 heterocycles. The van der Waals surface area contributed by atoms with Crippen LogP contribution in [0.4, 0.5) is 13.2 Å². The van der Waals surface area contributed by atoms with Crippen molar-refractivity contribution in [3.8, 4) is 5.75 Å². The Morgan fingerprint density at radius 1 is 1.26 bits per heavy atom. The molecule has 1 unspecified atom stereocenters. The molecule has 1 aromatic heterocycles. The van der Waals surface area contributed by atoms with Gasteiger partial charge in [-0.3, -0.25) is 0 Å². The fraction of sp³-hybridized carbons (Fsp3) is 0.308. The fourth-order valence-electron chi connectivity index (χ4n) is 1.59. The second kappa shape index (κ2) is 5.36. The lowest BCUT2D eigenvalue weighted by Gasteiger charge is -2.15. The number of aryl methyl sites for hydroxylation is 1. The second-order valence-electron chi connectivity index (χ2n) is 4.10. The lowest BCUT2D eigenvalue weighted by Crippen LogP contribution is -2.28. The highest BCUT2D eigenvalue weighted by atomic mass is 79.9. The number of pyridine rings is 1. The summed E-state index contributed by atoms with van der Waals surface area (Å²) in [5.74, 6) is 0.356. The summed E-state index contributed by atoms with van der Waals surface area (Å²) in [7, 11) is 0. The van der Waals surface area contributed by atoms with Crippen molar-refractivity contribution in [3.63, 3.8) is 0 Å². The predicted octanol–water partition coefficient (Wildman–Crippen LogP) is 4.25. The largest absolute Gasteiger partial charge is 0.490 e. The van der Waals surface area contributed by atoms with E-state index in [4.69, 9.17) is 4.74 Å². The Bertz CT molecular complexity index is 586. The third-order valence-corrected chi connectivity index (χ3v) is 3.35. The molecule has 102 valence electrons. The summed E-state index contributed by atoms with van der Waals surface area (Å²) < 4.78 is 42.4. The van der Waals surface area contributed by atoms with Gasteiger partial charge in [0, 0.05) is 11.1 Å². The van der Waals surface area contributed by atoms with Crippen LogP contribution in [0.3, 0.4) is 0 Å². The van der Waals surface area contributed by atoms with Crippen LogP contribution in [-0.2, 0) is 0 Å². The molecule has 0 saturated carbocycles. The van der Waals surface area contributed by atoms with Gasteiger partial charge in [-0.2, -0.15) is 13.2 Å². The second-order valence-corrected chi connectivity index (χ2v) is 5.21. The molecule has 0 aliphatic heterocycles. The van der Waals surface area contributed by atoms with Crippen molar-refractivity contribution >= 4 is 26.8 Å². The van der Waals surface area contributed by atoms with Crippen molar-refractivity contribution in [2.24, 2.45) is 0 Å². The Labute approximate surface area is 116 Å². The number of aromatic nitrogens is 1. The molecule has 0 saturated heterocycles. The van der Waals surface area contributed by atoms with Crippen molar-refractivity contribution in [3.05, 3.63) is 36.0 Å². The third-order valence-electron chi connectivity index (χ3n) is 2.56. The van der Waals surface area contributed by atoms with E-state index in [9.17, 15) is 13.2 Å². The van der Waals surface area contributed by atoms with E-state index in [0.29, 0.717) is 11.3 Å². The van der Waals surface area contributed by atoms with Gasteiger partial charge in [0.2, 0.25) is 0 Å². The Morgan fingerprint density at radius 2 is 2.00 bits per heavy atom. The summed E-state index contributed by atoms with van der Waals surface area (Å²) >= 11 is 2.56. The van der Waals surface area contributed by atoms with Crippen molar-refractivity contribution < 1.29 is 17.9 Å². The molecule has 2 aromatic rings. The molecule has 0 aliphatic rings. The van der Waals surface area contributed by atoms with Crippen molar-refractivity contribution in [2.75, 3.05) is 6.61 Å². The van der Waals surface area contributed by atoms with Crippen molar-refractivity contribution in [1.29, 1.82) is 0 Å².